The van der Waals surface area contributed by atoms with Crippen molar-refractivity contribution in [2.75, 3.05) is 7.05 Å². The van der Waals surface area contributed by atoms with Gasteiger partial charge in [-0.05, 0) is 38.3 Å². The van der Waals surface area contributed by atoms with Crippen molar-refractivity contribution >= 4 is 0 Å². The van der Waals surface area contributed by atoms with E-state index >= 15 is 0 Å². The lowest BCUT2D eigenvalue weighted by molar-refractivity contribution is 0.604. The number of imidazole rings is 1. The van der Waals surface area contributed by atoms with Crippen LogP contribution in [0.2, 0.25) is 0 Å². The minimum Gasteiger partial charge on any atom is -0.347 e. The first kappa shape index (κ1) is 10.4. The van der Waals surface area contributed by atoms with E-state index < -0.39 is 0 Å². The first-order valence-electron chi connectivity index (χ1n) is 5.77. The molecule has 3 nitrogen and oxygen atoms in total. The van der Waals surface area contributed by atoms with Gasteiger partial charge in [0.2, 0.25) is 0 Å². The molecule has 0 radical (unpaired) electrons. The van der Waals surface area contributed by atoms with Crippen LogP contribution in [0.25, 0.3) is 0 Å². The van der Waals surface area contributed by atoms with Crippen LogP contribution in [0.1, 0.15) is 44.0 Å². The van der Waals surface area contributed by atoms with Gasteiger partial charge in [0.1, 0.15) is 5.82 Å². The molecule has 1 unspecified atom stereocenters. The van der Waals surface area contributed by atoms with Gasteiger partial charge in [0.25, 0.3) is 0 Å². The molecule has 1 aliphatic carbocycles. The smallest absolute Gasteiger partial charge is 0.127 e. The fraction of sp³-hybridized carbons (Fsp3) is 0.583. The summed E-state index contributed by atoms with van der Waals surface area (Å²) in [5, 5.41) is 3.34. The Morgan fingerprint density at radius 2 is 2.33 bits per heavy atom. The number of aromatic nitrogens is 2. The monoisotopic (exact) mass is 205 g/mol. The Hall–Kier alpha value is -1.09. The van der Waals surface area contributed by atoms with Crippen molar-refractivity contribution in [3.05, 3.63) is 29.9 Å². The lowest BCUT2D eigenvalue weighted by Gasteiger charge is -2.17. The third-order valence-electron chi connectivity index (χ3n) is 3.03. The molecule has 0 bridgehead atoms. The average molecular weight is 205 g/mol. The van der Waals surface area contributed by atoms with Crippen LogP contribution in [-0.2, 0) is 0 Å². The van der Waals surface area contributed by atoms with E-state index in [9.17, 15) is 0 Å². The molecule has 0 saturated heterocycles. The Balaban J connectivity index is 2.15. The molecule has 15 heavy (non-hydrogen) atoms. The van der Waals surface area contributed by atoms with Gasteiger partial charge in [-0.2, -0.15) is 0 Å². The van der Waals surface area contributed by atoms with Gasteiger partial charge in [0.05, 0.1) is 6.04 Å². The molecule has 0 spiro atoms. The molecule has 0 aliphatic heterocycles. The molecular weight excluding hydrogens is 186 g/mol. The lowest BCUT2D eigenvalue weighted by Crippen LogP contribution is -2.20. The Morgan fingerprint density at radius 3 is 3.07 bits per heavy atom. The summed E-state index contributed by atoms with van der Waals surface area (Å²) < 4.78 is 0. The highest BCUT2D eigenvalue weighted by Crippen LogP contribution is 2.26. The summed E-state index contributed by atoms with van der Waals surface area (Å²) in [5.74, 6) is 1.03. The van der Waals surface area contributed by atoms with Gasteiger partial charge in [0, 0.05) is 12.4 Å². The topological polar surface area (TPSA) is 40.7 Å². The van der Waals surface area contributed by atoms with Crippen LogP contribution in [0.15, 0.2) is 24.0 Å². The van der Waals surface area contributed by atoms with Gasteiger partial charge in [-0.1, -0.05) is 12.5 Å². The zero-order valence-electron chi connectivity index (χ0n) is 9.29. The summed E-state index contributed by atoms with van der Waals surface area (Å²) in [7, 11) is 2.00. The molecule has 0 fully saturated rings. The van der Waals surface area contributed by atoms with Crippen LogP contribution in [0, 0.1) is 0 Å². The molecule has 2 N–H and O–H groups in total. The summed E-state index contributed by atoms with van der Waals surface area (Å²) in [6.45, 7) is 0. The predicted octanol–water partition coefficient (Wildman–Crippen LogP) is 2.56. The fourth-order valence-corrected chi connectivity index (χ4v) is 2.24. The average Bonchev–Trinajstić information content (AvgIpc) is 2.63. The van der Waals surface area contributed by atoms with Crippen molar-refractivity contribution in [2.24, 2.45) is 0 Å². The summed E-state index contributed by atoms with van der Waals surface area (Å²) in [6, 6.07) is 0.276. The van der Waals surface area contributed by atoms with Gasteiger partial charge in [-0.3, -0.25) is 0 Å². The van der Waals surface area contributed by atoms with E-state index in [0.717, 1.165) is 5.82 Å². The van der Waals surface area contributed by atoms with Crippen LogP contribution >= 0.6 is 0 Å². The van der Waals surface area contributed by atoms with Gasteiger partial charge in [-0.25, -0.2) is 4.98 Å². The number of nitrogens with zero attached hydrogens (tertiary/aromatic N) is 1. The van der Waals surface area contributed by atoms with E-state index in [1.54, 1.807) is 0 Å². The molecular formula is C12H19N3. The minimum absolute atomic E-state index is 0.276. The number of hydrogen-bond acceptors (Lipinski definition) is 2. The number of H-pyrrole nitrogens is 1. The third-order valence-corrected chi connectivity index (χ3v) is 3.03. The van der Waals surface area contributed by atoms with Crippen LogP contribution in [-0.4, -0.2) is 17.0 Å². The maximum absolute atomic E-state index is 4.33. The highest BCUT2D eigenvalue weighted by molar-refractivity contribution is 5.18. The lowest BCUT2D eigenvalue weighted by atomic mass is 10.0. The van der Waals surface area contributed by atoms with Crippen LogP contribution in [0.5, 0.6) is 0 Å². The first-order valence-corrected chi connectivity index (χ1v) is 5.77. The van der Waals surface area contributed by atoms with E-state index in [4.69, 9.17) is 0 Å². The molecule has 1 aromatic rings. The Labute approximate surface area is 91.0 Å². The third kappa shape index (κ3) is 2.48. The molecule has 2 rings (SSSR count). The number of nitrogens with one attached hydrogen (secondary N) is 2. The molecule has 82 valence electrons. The Kier molecular flexibility index (Phi) is 3.56. The van der Waals surface area contributed by atoms with E-state index in [1.165, 1.54) is 37.7 Å². The molecule has 1 heterocycles. The molecule has 1 aromatic heterocycles. The van der Waals surface area contributed by atoms with Crippen LogP contribution in [0.3, 0.4) is 0 Å². The largest absolute Gasteiger partial charge is 0.347 e. The first-order chi connectivity index (χ1) is 7.42. The number of rotatable bonds is 3. The zero-order chi connectivity index (χ0) is 10.5. The van der Waals surface area contributed by atoms with Crippen LogP contribution in [0.4, 0.5) is 0 Å². The molecule has 3 heteroatoms. The van der Waals surface area contributed by atoms with E-state index in [2.05, 4.69) is 21.4 Å². The van der Waals surface area contributed by atoms with E-state index in [1.807, 2.05) is 19.4 Å². The SMILES string of the molecule is CNC(C1=CCCCCC1)c1ncc[nH]1. The van der Waals surface area contributed by atoms with Gasteiger partial charge in [0.15, 0.2) is 0 Å². The second-order valence-electron chi connectivity index (χ2n) is 4.07. The van der Waals surface area contributed by atoms with Crippen molar-refractivity contribution in [1.29, 1.82) is 0 Å². The Bertz CT molecular complexity index is 314. The fourth-order valence-electron chi connectivity index (χ4n) is 2.24. The van der Waals surface area contributed by atoms with E-state index in [-0.39, 0.29) is 6.04 Å². The maximum atomic E-state index is 4.33. The molecule has 1 atom stereocenters. The summed E-state index contributed by atoms with van der Waals surface area (Å²) >= 11 is 0. The van der Waals surface area contributed by atoms with Gasteiger partial charge >= 0.3 is 0 Å². The van der Waals surface area contributed by atoms with Crippen molar-refractivity contribution in [2.45, 2.75) is 38.1 Å². The van der Waals surface area contributed by atoms with Crippen LogP contribution < -0.4 is 5.32 Å². The van der Waals surface area contributed by atoms with Crippen molar-refractivity contribution < 1.29 is 0 Å². The predicted molar refractivity (Wildman–Crippen MR) is 61.6 cm³/mol. The summed E-state index contributed by atoms with van der Waals surface area (Å²) in [6.07, 6.45) is 12.5. The molecule has 0 aromatic carbocycles. The maximum Gasteiger partial charge on any atom is 0.127 e. The van der Waals surface area contributed by atoms with Gasteiger partial charge < -0.3 is 10.3 Å². The molecule has 1 aliphatic rings. The number of allylic oxidation sites excluding steroid dienone is 1. The summed E-state index contributed by atoms with van der Waals surface area (Å²) in [4.78, 5) is 7.53. The quantitative estimate of drug-likeness (QED) is 0.744. The van der Waals surface area contributed by atoms with Gasteiger partial charge in [-0.15, -0.1) is 0 Å². The number of hydrogen-bond donors (Lipinski definition) is 2. The number of likely N-dealkylation sites (N-methyl/N-ethyl adjacent to an activating group) is 1. The second-order valence-corrected chi connectivity index (χ2v) is 4.07. The highest BCUT2D eigenvalue weighted by atomic mass is 15.0. The standard InChI is InChI=1S/C12H19N3/c1-13-11(12-14-8-9-15-12)10-6-4-2-3-5-7-10/h6,8-9,11,13H,2-5,7H2,1H3,(H,14,15). The normalized spacial score (nSPS) is 19.4. The minimum atomic E-state index is 0.276. The van der Waals surface area contributed by atoms with Crippen molar-refractivity contribution in [3.8, 4) is 0 Å². The molecule has 0 saturated carbocycles. The highest BCUT2D eigenvalue weighted by Gasteiger charge is 2.17. The summed E-state index contributed by atoms with van der Waals surface area (Å²) in [5.41, 5.74) is 1.49. The zero-order valence-corrected chi connectivity index (χ0v) is 9.29. The van der Waals surface area contributed by atoms with Crippen molar-refractivity contribution in [3.63, 3.8) is 0 Å². The van der Waals surface area contributed by atoms with Crippen molar-refractivity contribution in [1.82, 2.24) is 15.3 Å². The van der Waals surface area contributed by atoms with E-state index in [0.29, 0.717) is 0 Å². The molecule has 0 amide bonds. The Morgan fingerprint density at radius 1 is 1.40 bits per heavy atom. The second kappa shape index (κ2) is 5.12. The number of aromatic amines is 1.